The Bertz CT molecular complexity index is 1710. The van der Waals surface area contributed by atoms with Gasteiger partial charge in [-0.05, 0) is 25.0 Å². The average Bonchev–Trinajstić information content (AvgIpc) is 3.52. The van der Waals surface area contributed by atoms with Crippen LogP contribution in [-0.2, 0) is 10.0 Å². The van der Waals surface area contributed by atoms with E-state index in [9.17, 15) is 17.2 Å². The Morgan fingerprint density at radius 1 is 1.03 bits per heavy atom. The first-order valence-corrected chi connectivity index (χ1v) is 13.5. The molecule has 0 spiro atoms. The number of halogens is 2. The van der Waals surface area contributed by atoms with Gasteiger partial charge in [-0.2, -0.15) is 10.3 Å². The molecule has 1 aliphatic rings. The summed E-state index contributed by atoms with van der Waals surface area (Å²) in [5.74, 6) is -0.617. The molecule has 4 heterocycles. The molecule has 37 heavy (non-hydrogen) atoms. The molecule has 2 aromatic carbocycles. The predicted octanol–water partition coefficient (Wildman–Crippen LogP) is 3.47. The zero-order chi connectivity index (χ0) is 25.7. The van der Waals surface area contributed by atoms with Gasteiger partial charge in [-0.15, -0.1) is 10.2 Å². The highest BCUT2D eigenvalue weighted by Gasteiger charge is 2.28. The number of rotatable bonds is 5. The number of pyridine rings is 1. The van der Waals surface area contributed by atoms with E-state index in [1.54, 1.807) is 16.8 Å². The molecule has 1 saturated heterocycles. The summed E-state index contributed by atoms with van der Waals surface area (Å²) in [4.78, 5) is 4.75. The van der Waals surface area contributed by atoms with Crippen molar-refractivity contribution in [2.45, 2.75) is 18.9 Å². The number of hydrogen-bond acceptors (Lipinski definition) is 7. The first-order chi connectivity index (χ1) is 17.8. The lowest BCUT2D eigenvalue weighted by atomic mass is 10.0. The second kappa shape index (κ2) is 8.85. The molecule has 6 rings (SSSR count). The van der Waals surface area contributed by atoms with Crippen molar-refractivity contribution >= 4 is 37.6 Å². The minimum Gasteiger partial charge on any atom is -0.364 e. The van der Waals surface area contributed by atoms with Crippen molar-refractivity contribution in [1.29, 1.82) is 0 Å². The van der Waals surface area contributed by atoms with Gasteiger partial charge in [-0.3, -0.25) is 0 Å². The van der Waals surface area contributed by atoms with Gasteiger partial charge in [0.25, 0.3) is 0 Å². The van der Waals surface area contributed by atoms with E-state index < -0.39 is 21.7 Å². The number of H-pyrrole nitrogens is 1. The van der Waals surface area contributed by atoms with Crippen molar-refractivity contribution in [3.8, 4) is 17.1 Å². The average molecular weight is 525 g/mol. The van der Waals surface area contributed by atoms with Gasteiger partial charge in [0.2, 0.25) is 10.0 Å². The topological polar surface area (TPSA) is 122 Å². The van der Waals surface area contributed by atoms with E-state index in [-0.39, 0.29) is 17.3 Å². The van der Waals surface area contributed by atoms with Gasteiger partial charge < -0.3 is 5.32 Å². The number of aromatic nitrogens is 6. The Hall–Kier alpha value is -3.97. The van der Waals surface area contributed by atoms with Crippen LogP contribution in [0.5, 0.6) is 0 Å². The zero-order valence-corrected chi connectivity index (χ0v) is 20.5. The Balaban J connectivity index is 1.54. The molecular weight excluding hydrogens is 502 g/mol. The molecule has 1 aliphatic heterocycles. The van der Waals surface area contributed by atoms with Crippen LogP contribution in [0.3, 0.4) is 0 Å². The number of nitrogens with zero attached hydrogens (tertiary/aromatic N) is 6. The Morgan fingerprint density at radius 3 is 2.38 bits per heavy atom. The number of anilines is 1. The largest absolute Gasteiger partial charge is 0.364 e. The smallest absolute Gasteiger partial charge is 0.211 e. The molecule has 2 N–H and O–H groups in total. The molecule has 3 aromatic heterocycles. The van der Waals surface area contributed by atoms with E-state index in [4.69, 9.17) is 10.1 Å². The molecule has 13 heteroatoms. The lowest BCUT2D eigenvalue weighted by molar-refractivity contribution is 0.331. The van der Waals surface area contributed by atoms with Gasteiger partial charge in [0, 0.05) is 29.9 Å². The van der Waals surface area contributed by atoms with Gasteiger partial charge in [0.15, 0.2) is 11.6 Å². The van der Waals surface area contributed by atoms with Crippen molar-refractivity contribution in [3.63, 3.8) is 0 Å². The monoisotopic (exact) mass is 524 g/mol. The molecule has 5 aromatic rings. The van der Waals surface area contributed by atoms with Crippen LogP contribution in [0.1, 0.15) is 12.8 Å². The quantitative estimate of drug-likeness (QED) is 0.361. The maximum absolute atomic E-state index is 14.9. The predicted molar refractivity (Wildman–Crippen MR) is 135 cm³/mol. The highest BCUT2D eigenvalue weighted by Crippen LogP contribution is 2.38. The first-order valence-electron chi connectivity index (χ1n) is 11.6. The molecule has 1 fully saturated rings. The van der Waals surface area contributed by atoms with Crippen LogP contribution in [0, 0.1) is 11.6 Å². The highest BCUT2D eigenvalue weighted by atomic mass is 32.2. The van der Waals surface area contributed by atoms with Gasteiger partial charge in [0.05, 0.1) is 23.7 Å². The van der Waals surface area contributed by atoms with Crippen LogP contribution < -0.4 is 5.32 Å². The number of sulfonamides is 1. The third kappa shape index (κ3) is 4.09. The number of hydrogen-bond donors (Lipinski definition) is 2. The summed E-state index contributed by atoms with van der Waals surface area (Å²) in [5, 5.41) is 20.0. The van der Waals surface area contributed by atoms with Crippen LogP contribution in [0.25, 0.3) is 38.9 Å². The highest BCUT2D eigenvalue weighted by molar-refractivity contribution is 7.88. The number of aromatic amines is 1. The number of fused-ring (bicyclic) bond motifs is 3. The molecule has 0 unspecified atom stereocenters. The maximum Gasteiger partial charge on any atom is 0.211 e. The standard InChI is InChI=1S/C24H22F2N8O2S/c1-37(35,36)33-11-9-14(10-12-33)28-24-22-23(34(31-24)19-13-27-32-30-19)16-6-3-2-5-15(16)21(29-22)20-17(25)7-4-8-18(20)26/h2-8,13-14H,9-12H2,1H3,(H,28,31)(H,27,30,32). The molecule has 0 aliphatic carbocycles. The van der Waals surface area contributed by atoms with E-state index in [1.807, 2.05) is 12.1 Å². The summed E-state index contributed by atoms with van der Waals surface area (Å²) in [6.45, 7) is 0.751. The third-order valence-corrected chi connectivity index (χ3v) is 7.91. The molecule has 0 atom stereocenters. The van der Waals surface area contributed by atoms with Crippen LogP contribution in [0.15, 0.2) is 48.7 Å². The van der Waals surface area contributed by atoms with E-state index in [0.29, 0.717) is 59.4 Å². The Morgan fingerprint density at radius 2 is 1.73 bits per heavy atom. The van der Waals surface area contributed by atoms with Gasteiger partial charge in [-0.1, -0.05) is 30.3 Å². The fourth-order valence-electron chi connectivity index (χ4n) is 4.83. The van der Waals surface area contributed by atoms with E-state index in [2.05, 4.69) is 20.7 Å². The molecule has 0 radical (unpaired) electrons. The molecule has 190 valence electrons. The minimum absolute atomic E-state index is 0.0798. The van der Waals surface area contributed by atoms with Crippen molar-refractivity contribution in [2.75, 3.05) is 24.7 Å². The Labute approximate surface area is 210 Å². The van der Waals surface area contributed by atoms with E-state index in [1.165, 1.54) is 35.0 Å². The number of nitrogens with one attached hydrogen (secondary N) is 2. The van der Waals surface area contributed by atoms with Gasteiger partial charge >= 0.3 is 0 Å². The van der Waals surface area contributed by atoms with Crippen molar-refractivity contribution in [3.05, 3.63) is 60.3 Å². The maximum atomic E-state index is 14.9. The number of benzene rings is 2. The zero-order valence-electron chi connectivity index (χ0n) is 19.7. The SMILES string of the molecule is CS(=O)(=O)N1CCC(Nc2nn(-c3cn[nH]n3)c3c2nc(-c2c(F)cccc2F)c2ccccc23)CC1. The van der Waals surface area contributed by atoms with Crippen LogP contribution in [-0.4, -0.2) is 68.3 Å². The van der Waals surface area contributed by atoms with E-state index >= 15 is 0 Å². The minimum atomic E-state index is -3.27. The fraction of sp³-hybridized carbons (Fsp3) is 0.250. The van der Waals surface area contributed by atoms with Crippen molar-refractivity contribution in [1.82, 2.24) is 34.5 Å². The lowest BCUT2D eigenvalue weighted by Crippen LogP contribution is -2.41. The first kappa shape index (κ1) is 23.4. The van der Waals surface area contributed by atoms with Gasteiger partial charge in [-0.25, -0.2) is 31.2 Å². The molecule has 10 nitrogen and oxygen atoms in total. The van der Waals surface area contributed by atoms with Crippen molar-refractivity contribution < 1.29 is 17.2 Å². The van der Waals surface area contributed by atoms with Crippen LogP contribution in [0.2, 0.25) is 0 Å². The molecule has 0 saturated carbocycles. The lowest BCUT2D eigenvalue weighted by Gasteiger charge is -2.30. The second-order valence-corrected chi connectivity index (χ2v) is 11.0. The summed E-state index contributed by atoms with van der Waals surface area (Å²) in [6.07, 6.45) is 3.84. The molecular formula is C24H22F2N8O2S. The summed E-state index contributed by atoms with van der Waals surface area (Å²) >= 11 is 0. The number of piperidine rings is 1. The summed E-state index contributed by atoms with van der Waals surface area (Å²) in [6, 6.07) is 10.8. The van der Waals surface area contributed by atoms with Crippen LogP contribution >= 0.6 is 0 Å². The second-order valence-electron chi connectivity index (χ2n) is 8.97. The van der Waals surface area contributed by atoms with E-state index in [0.717, 1.165) is 0 Å². The fourth-order valence-corrected chi connectivity index (χ4v) is 5.70. The third-order valence-electron chi connectivity index (χ3n) is 6.60. The molecule has 0 bridgehead atoms. The van der Waals surface area contributed by atoms with Crippen molar-refractivity contribution in [2.24, 2.45) is 0 Å². The van der Waals surface area contributed by atoms with Gasteiger partial charge in [0.1, 0.15) is 22.7 Å². The summed E-state index contributed by atoms with van der Waals surface area (Å²) in [7, 11) is -3.27. The normalized spacial score (nSPS) is 15.5. The summed E-state index contributed by atoms with van der Waals surface area (Å²) < 4.78 is 56.7. The van der Waals surface area contributed by atoms with Crippen LogP contribution in [0.4, 0.5) is 14.6 Å². The Kier molecular flexibility index (Phi) is 5.60. The molecule has 0 amide bonds. The summed E-state index contributed by atoms with van der Waals surface area (Å²) in [5.41, 5.74) is 0.946.